The number of carbonyl (C=O) groups is 1. The van der Waals surface area contributed by atoms with Gasteiger partial charge in [0.15, 0.2) is 22.1 Å². The maximum absolute atomic E-state index is 15.0. The Morgan fingerprint density at radius 1 is 1.21 bits per heavy atom. The Kier molecular flexibility index (Phi) is 5.98. The van der Waals surface area contributed by atoms with Crippen molar-refractivity contribution in [1.82, 2.24) is 9.55 Å². The van der Waals surface area contributed by atoms with Gasteiger partial charge in [0, 0.05) is 16.8 Å². The summed E-state index contributed by atoms with van der Waals surface area (Å²) in [5.41, 5.74) is 0.365. The number of aromatic carboxylic acids is 1. The molecule has 3 aromatic rings. The molecule has 0 bridgehead atoms. The van der Waals surface area contributed by atoms with Gasteiger partial charge in [0.2, 0.25) is 0 Å². The molecule has 2 aromatic carbocycles. The molecular formula is C19H15BrCl2FN3O2. The van der Waals surface area contributed by atoms with Gasteiger partial charge in [0.25, 0.3) is 0 Å². The predicted octanol–water partition coefficient (Wildman–Crippen LogP) is 6.84. The van der Waals surface area contributed by atoms with Crippen LogP contribution < -0.4 is 4.90 Å². The van der Waals surface area contributed by atoms with Crippen LogP contribution in [0.25, 0.3) is 0 Å². The highest BCUT2D eigenvalue weighted by Gasteiger charge is 2.30. The molecule has 0 atom stereocenters. The Morgan fingerprint density at radius 2 is 1.86 bits per heavy atom. The van der Waals surface area contributed by atoms with E-state index >= 15 is 0 Å². The van der Waals surface area contributed by atoms with Gasteiger partial charge in [-0.25, -0.2) is 14.2 Å². The summed E-state index contributed by atoms with van der Waals surface area (Å²) in [7, 11) is 0. The minimum absolute atomic E-state index is 0.0805. The lowest BCUT2D eigenvalue weighted by molar-refractivity contribution is 0.0692. The normalized spacial score (nSPS) is 11.1. The van der Waals surface area contributed by atoms with E-state index in [-0.39, 0.29) is 28.3 Å². The Morgan fingerprint density at radius 3 is 2.43 bits per heavy atom. The summed E-state index contributed by atoms with van der Waals surface area (Å²) in [5.74, 6) is -1.72. The number of carboxylic acids is 1. The van der Waals surface area contributed by atoms with E-state index in [1.807, 2.05) is 13.8 Å². The molecule has 28 heavy (non-hydrogen) atoms. The summed E-state index contributed by atoms with van der Waals surface area (Å²) in [6, 6.07) is 11.0. The van der Waals surface area contributed by atoms with Gasteiger partial charge < -0.3 is 9.67 Å². The van der Waals surface area contributed by atoms with Crippen LogP contribution in [0.3, 0.4) is 0 Å². The fourth-order valence-corrected chi connectivity index (χ4v) is 3.89. The van der Waals surface area contributed by atoms with Gasteiger partial charge >= 0.3 is 5.97 Å². The lowest BCUT2D eigenvalue weighted by Crippen LogP contribution is -2.20. The van der Waals surface area contributed by atoms with Gasteiger partial charge in [-0.2, -0.15) is 0 Å². The Bertz CT molecular complexity index is 1040. The molecule has 146 valence electrons. The predicted molar refractivity (Wildman–Crippen MR) is 112 cm³/mol. The van der Waals surface area contributed by atoms with Crippen LogP contribution in [0.2, 0.25) is 10.0 Å². The van der Waals surface area contributed by atoms with Gasteiger partial charge in [0.05, 0.1) is 10.7 Å². The second-order valence-electron chi connectivity index (χ2n) is 6.21. The number of benzene rings is 2. The van der Waals surface area contributed by atoms with Crippen LogP contribution in [-0.2, 0) is 0 Å². The van der Waals surface area contributed by atoms with Crippen LogP contribution in [0.4, 0.5) is 21.6 Å². The fourth-order valence-electron chi connectivity index (χ4n) is 2.84. The number of hydrogen-bond donors (Lipinski definition) is 1. The molecule has 0 saturated carbocycles. The lowest BCUT2D eigenvalue weighted by atomic mass is 10.2. The molecule has 3 rings (SSSR count). The highest BCUT2D eigenvalue weighted by Crippen LogP contribution is 2.42. The van der Waals surface area contributed by atoms with Gasteiger partial charge in [-0.05, 0) is 66.2 Å². The lowest BCUT2D eigenvalue weighted by Gasteiger charge is -2.28. The summed E-state index contributed by atoms with van der Waals surface area (Å²) in [6.07, 6.45) is 0. The highest BCUT2D eigenvalue weighted by molar-refractivity contribution is 9.10. The smallest absolute Gasteiger partial charge is 0.358 e. The average molecular weight is 487 g/mol. The first-order valence-electron chi connectivity index (χ1n) is 8.23. The monoisotopic (exact) mass is 485 g/mol. The van der Waals surface area contributed by atoms with Crippen molar-refractivity contribution in [3.63, 3.8) is 0 Å². The van der Waals surface area contributed by atoms with Crippen molar-refractivity contribution in [3.05, 3.63) is 68.8 Å². The maximum Gasteiger partial charge on any atom is 0.358 e. The minimum Gasteiger partial charge on any atom is -0.476 e. The number of imidazole rings is 1. The van der Waals surface area contributed by atoms with Crippen LogP contribution >= 0.6 is 39.1 Å². The molecule has 1 N–H and O–H groups in total. The topological polar surface area (TPSA) is 58.4 Å². The van der Waals surface area contributed by atoms with E-state index in [2.05, 4.69) is 20.9 Å². The van der Waals surface area contributed by atoms with Crippen LogP contribution in [-0.4, -0.2) is 20.6 Å². The van der Waals surface area contributed by atoms with Crippen molar-refractivity contribution in [1.29, 1.82) is 0 Å². The second-order valence-corrected chi connectivity index (χ2v) is 7.76. The molecule has 5 nitrogen and oxygen atoms in total. The van der Waals surface area contributed by atoms with E-state index in [1.54, 1.807) is 34.9 Å². The Labute approximate surface area is 179 Å². The SMILES string of the molecule is CC(C)n1c(Br)nc(C(=O)O)c1N(c1ccc(Cl)cc1)c1cccc(Cl)c1F. The van der Waals surface area contributed by atoms with Crippen molar-refractivity contribution in [3.8, 4) is 0 Å². The van der Waals surface area contributed by atoms with Gasteiger partial charge in [-0.3, -0.25) is 4.90 Å². The standard InChI is InChI=1S/C19H15BrCl2FN3O2/c1-10(2)25-17(16(18(27)28)24-19(25)20)26(12-8-6-11(21)7-9-12)14-5-3-4-13(22)15(14)23/h3-10H,1-2H3,(H,27,28). The number of rotatable bonds is 5. The number of hydrogen-bond acceptors (Lipinski definition) is 3. The summed E-state index contributed by atoms with van der Waals surface area (Å²) in [6.45, 7) is 3.74. The first kappa shape index (κ1) is 20.6. The molecule has 1 aromatic heterocycles. The maximum atomic E-state index is 15.0. The third-order valence-corrected chi connectivity index (χ3v) is 5.13. The van der Waals surface area contributed by atoms with Crippen LogP contribution in [0, 0.1) is 5.82 Å². The molecule has 0 amide bonds. The van der Waals surface area contributed by atoms with Crippen molar-refractivity contribution in [2.75, 3.05) is 4.90 Å². The Balaban J connectivity index is 2.40. The van der Waals surface area contributed by atoms with Crippen molar-refractivity contribution < 1.29 is 14.3 Å². The molecule has 0 fully saturated rings. The van der Waals surface area contributed by atoms with E-state index in [4.69, 9.17) is 23.2 Å². The number of carboxylic acid groups (broad SMARTS) is 1. The zero-order chi connectivity index (χ0) is 20.6. The van der Waals surface area contributed by atoms with E-state index in [9.17, 15) is 14.3 Å². The van der Waals surface area contributed by atoms with Gasteiger partial charge in [0.1, 0.15) is 0 Å². The molecule has 0 aliphatic carbocycles. The second kappa shape index (κ2) is 8.11. The first-order chi connectivity index (χ1) is 13.2. The highest BCUT2D eigenvalue weighted by atomic mass is 79.9. The third kappa shape index (κ3) is 3.74. The van der Waals surface area contributed by atoms with Crippen LogP contribution in [0.5, 0.6) is 0 Å². The van der Waals surface area contributed by atoms with E-state index in [1.165, 1.54) is 17.0 Å². The number of halogens is 4. The largest absolute Gasteiger partial charge is 0.476 e. The molecule has 0 spiro atoms. The number of nitrogens with zero attached hydrogens (tertiary/aromatic N) is 3. The third-order valence-electron chi connectivity index (χ3n) is 4.03. The molecule has 1 heterocycles. The van der Waals surface area contributed by atoms with E-state index in [0.717, 1.165) is 0 Å². The van der Waals surface area contributed by atoms with Crippen LogP contribution in [0.15, 0.2) is 47.2 Å². The van der Waals surface area contributed by atoms with E-state index < -0.39 is 11.8 Å². The fraction of sp³-hybridized carbons (Fsp3) is 0.158. The molecule has 0 aliphatic heterocycles. The summed E-state index contributed by atoms with van der Waals surface area (Å²) in [4.78, 5) is 17.5. The quantitative estimate of drug-likeness (QED) is 0.428. The van der Waals surface area contributed by atoms with Gasteiger partial charge in [-0.15, -0.1) is 0 Å². The van der Waals surface area contributed by atoms with Crippen molar-refractivity contribution in [2.24, 2.45) is 0 Å². The summed E-state index contributed by atoms with van der Waals surface area (Å²) < 4.78 is 17.0. The molecule has 0 radical (unpaired) electrons. The number of aromatic nitrogens is 2. The van der Waals surface area contributed by atoms with Crippen molar-refractivity contribution in [2.45, 2.75) is 19.9 Å². The zero-order valence-electron chi connectivity index (χ0n) is 14.8. The Hall–Kier alpha value is -2.09. The zero-order valence-corrected chi connectivity index (χ0v) is 17.9. The molecule has 9 heteroatoms. The van der Waals surface area contributed by atoms with Gasteiger partial charge in [-0.1, -0.05) is 29.3 Å². The van der Waals surface area contributed by atoms with E-state index in [0.29, 0.717) is 15.4 Å². The molecule has 0 saturated heterocycles. The summed E-state index contributed by atoms with van der Waals surface area (Å²) in [5, 5.41) is 10.1. The summed E-state index contributed by atoms with van der Waals surface area (Å²) >= 11 is 15.3. The minimum atomic E-state index is -1.24. The first-order valence-corrected chi connectivity index (χ1v) is 9.78. The molecular weight excluding hydrogens is 472 g/mol. The van der Waals surface area contributed by atoms with Crippen LogP contribution in [0.1, 0.15) is 30.4 Å². The van der Waals surface area contributed by atoms with Crippen molar-refractivity contribution >= 4 is 62.3 Å². The molecule has 0 unspecified atom stereocenters. The molecule has 0 aliphatic rings. The number of anilines is 3. The average Bonchev–Trinajstić information content (AvgIpc) is 2.98.